The van der Waals surface area contributed by atoms with Crippen LogP contribution in [-0.2, 0) is 16.0 Å². The number of nitrogens with zero attached hydrogens (tertiary/aromatic N) is 1. The fourth-order valence-electron chi connectivity index (χ4n) is 1.96. The first kappa shape index (κ1) is 11.7. The molecule has 0 spiro atoms. The Labute approximate surface area is 97.0 Å². The molecule has 1 aliphatic rings. The molecule has 17 heavy (non-hydrogen) atoms. The minimum Gasteiger partial charge on any atom is -0.285 e. The highest BCUT2D eigenvalue weighted by molar-refractivity contribution is 6.03. The van der Waals surface area contributed by atoms with Crippen molar-refractivity contribution >= 4 is 11.8 Å². The molecule has 2 rings (SSSR count). The molecule has 0 N–H and O–H groups in total. The van der Waals surface area contributed by atoms with Gasteiger partial charge in [-0.05, 0) is 30.2 Å². The van der Waals surface area contributed by atoms with E-state index in [9.17, 15) is 18.4 Å². The highest BCUT2D eigenvalue weighted by atomic mass is 19.1. The number of carbonyl (C=O) groups excluding carboxylic acids is 2. The Kier molecular flexibility index (Phi) is 2.92. The second-order valence-electron chi connectivity index (χ2n) is 4.13. The van der Waals surface area contributed by atoms with Gasteiger partial charge in [-0.2, -0.15) is 0 Å². The van der Waals surface area contributed by atoms with Crippen molar-refractivity contribution in [3.05, 3.63) is 35.4 Å². The lowest BCUT2D eigenvalue weighted by molar-refractivity contribution is -0.137. The van der Waals surface area contributed by atoms with Crippen LogP contribution in [0.1, 0.15) is 12.0 Å². The van der Waals surface area contributed by atoms with E-state index in [0.717, 1.165) is 23.1 Å². The molecule has 0 saturated carbocycles. The molecule has 1 aromatic carbocycles. The maximum Gasteiger partial charge on any atom is 0.232 e. The second kappa shape index (κ2) is 4.24. The van der Waals surface area contributed by atoms with Crippen molar-refractivity contribution in [2.24, 2.45) is 5.92 Å². The molecule has 0 radical (unpaired) electrons. The minimum absolute atomic E-state index is 0.0541. The molecule has 3 nitrogen and oxygen atoms in total. The van der Waals surface area contributed by atoms with Crippen molar-refractivity contribution in [1.29, 1.82) is 0 Å². The SMILES string of the molecule is CN1C(=O)CC(Cc2cc(F)ccc2F)C1=O. The van der Waals surface area contributed by atoms with Crippen molar-refractivity contribution in [3.8, 4) is 0 Å². The molecular formula is C12H11F2NO2. The summed E-state index contributed by atoms with van der Waals surface area (Å²) < 4.78 is 26.3. The van der Waals surface area contributed by atoms with Crippen LogP contribution in [0.4, 0.5) is 8.78 Å². The standard InChI is InChI=1S/C12H11F2NO2/c1-15-11(16)6-8(12(15)17)4-7-5-9(13)2-3-10(7)14/h2-3,5,8H,4,6H2,1H3. The van der Waals surface area contributed by atoms with Crippen LogP contribution in [0.25, 0.3) is 0 Å². The molecule has 1 heterocycles. The normalized spacial score (nSPS) is 20.2. The van der Waals surface area contributed by atoms with Gasteiger partial charge in [0.2, 0.25) is 11.8 Å². The highest BCUT2D eigenvalue weighted by Gasteiger charge is 2.36. The van der Waals surface area contributed by atoms with Gasteiger partial charge in [-0.1, -0.05) is 0 Å². The van der Waals surface area contributed by atoms with Gasteiger partial charge in [0.25, 0.3) is 0 Å². The Bertz CT molecular complexity index is 487. The zero-order chi connectivity index (χ0) is 12.6. The number of likely N-dealkylation sites (tertiary alicyclic amines) is 1. The fourth-order valence-corrected chi connectivity index (χ4v) is 1.96. The lowest BCUT2D eigenvalue weighted by Gasteiger charge is -2.09. The largest absolute Gasteiger partial charge is 0.285 e. The molecule has 1 saturated heterocycles. The van der Waals surface area contributed by atoms with Gasteiger partial charge in [0.05, 0.1) is 5.92 Å². The number of amides is 2. The summed E-state index contributed by atoms with van der Waals surface area (Å²) in [5, 5.41) is 0. The fraction of sp³-hybridized carbons (Fsp3) is 0.333. The van der Waals surface area contributed by atoms with E-state index >= 15 is 0 Å². The molecule has 0 bridgehead atoms. The van der Waals surface area contributed by atoms with Gasteiger partial charge in [0, 0.05) is 13.5 Å². The third kappa shape index (κ3) is 2.18. The summed E-state index contributed by atoms with van der Waals surface area (Å²) in [7, 11) is 1.40. The van der Waals surface area contributed by atoms with E-state index in [2.05, 4.69) is 0 Å². The van der Waals surface area contributed by atoms with Crippen LogP contribution in [0.15, 0.2) is 18.2 Å². The van der Waals surface area contributed by atoms with Crippen molar-refractivity contribution in [2.75, 3.05) is 7.05 Å². The van der Waals surface area contributed by atoms with Crippen LogP contribution in [0.3, 0.4) is 0 Å². The van der Waals surface area contributed by atoms with Crippen molar-refractivity contribution < 1.29 is 18.4 Å². The lowest BCUT2D eigenvalue weighted by Crippen LogP contribution is -2.26. The summed E-state index contributed by atoms with van der Waals surface area (Å²) in [6.45, 7) is 0. The predicted octanol–water partition coefficient (Wildman–Crippen LogP) is 1.51. The Morgan fingerprint density at radius 3 is 2.65 bits per heavy atom. The van der Waals surface area contributed by atoms with Crippen LogP contribution < -0.4 is 0 Å². The van der Waals surface area contributed by atoms with Crippen molar-refractivity contribution in [2.45, 2.75) is 12.8 Å². The Morgan fingerprint density at radius 1 is 1.35 bits per heavy atom. The molecular weight excluding hydrogens is 228 g/mol. The van der Waals surface area contributed by atoms with E-state index in [-0.39, 0.29) is 30.2 Å². The van der Waals surface area contributed by atoms with Crippen LogP contribution in [0.2, 0.25) is 0 Å². The second-order valence-corrected chi connectivity index (χ2v) is 4.13. The zero-order valence-electron chi connectivity index (χ0n) is 9.24. The number of halogens is 2. The number of carbonyl (C=O) groups is 2. The van der Waals surface area contributed by atoms with Crippen molar-refractivity contribution in [1.82, 2.24) is 4.90 Å². The highest BCUT2D eigenvalue weighted by Crippen LogP contribution is 2.23. The average molecular weight is 239 g/mol. The molecule has 1 aliphatic heterocycles. The number of benzene rings is 1. The van der Waals surface area contributed by atoms with E-state index < -0.39 is 17.6 Å². The molecule has 2 amide bonds. The zero-order valence-corrected chi connectivity index (χ0v) is 9.24. The van der Waals surface area contributed by atoms with Crippen LogP contribution in [-0.4, -0.2) is 23.8 Å². The predicted molar refractivity (Wildman–Crippen MR) is 55.9 cm³/mol. The topological polar surface area (TPSA) is 37.4 Å². The molecule has 0 aliphatic carbocycles. The third-order valence-electron chi connectivity index (χ3n) is 2.95. The molecule has 1 unspecified atom stereocenters. The number of hydrogen-bond donors (Lipinski definition) is 0. The van der Waals surface area contributed by atoms with Gasteiger partial charge >= 0.3 is 0 Å². The number of imide groups is 1. The number of rotatable bonds is 2. The third-order valence-corrected chi connectivity index (χ3v) is 2.95. The molecule has 5 heteroatoms. The summed E-state index contributed by atoms with van der Waals surface area (Å²) in [6.07, 6.45) is 0.115. The van der Waals surface area contributed by atoms with E-state index in [1.807, 2.05) is 0 Å². The van der Waals surface area contributed by atoms with Crippen LogP contribution in [0, 0.1) is 17.6 Å². The molecule has 90 valence electrons. The minimum atomic E-state index is -0.580. The summed E-state index contributed by atoms with van der Waals surface area (Å²) in [5.74, 6) is -2.30. The first-order chi connectivity index (χ1) is 7.99. The molecule has 1 fully saturated rings. The molecule has 1 atom stereocenters. The summed E-state index contributed by atoms with van der Waals surface area (Å²) in [4.78, 5) is 23.9. The van der Waals surface area contributed by atoms with Crippen molar-refractivity contribution in [3.63, 3.8) is 0 Å². The van der Waals surface area contributed by atoms with Gasteiger partial charge in [-0.3, -0.25) is 14.5 Å². The van der Waals surface area contributed by atoms with Crippen LogP contribution in [0.5, 0.6) is 0 Å². The summed E-state index contributed by atoms with van der Waals surface area (Å²) in [6, 6.07) is 3.10. The Morgan fingerprint density at radius 2 is 2.06 bits per heavy atom. The van der Waals surface area contributed by atoms with E-state index in [0.29, 0.717) is 0 Å². The molecule has 0 aromatic heterocycles. The maximum atomic E-state index is 13.4. The first-order valence-electron chi connectivity index (χ1n) is 5.23. The smallest absolute Gasteiger partial charge is 0.232 e. The van der Waals surface area contributed by atoms with Gasteiger partial charge in [-0.15, -0.1) is 0 Å². The maximum absolute atomic E-state index is 13.4. The van der Waals surface area contributed by atoms with Crippen LogP contribution >= 0.6 is 0 Å². The summed E-state index contributed by atoms with van der Waals surface area (Å²) >= 11 is 0. The molecule has 1 aromatic rings. The first-order valence-corrected chi connectivity index (χ1v) is 5.23. The van der Waals surface area contributed by atoms with E-state index in [1.54, 1.807) is 0 Å². The monoisotopic (exact) mass is 239 g/mol. The average Bonchev–Trinajstić information content (AvgIpc) is 2.52. The lowest BCUT2D eigenvalue weighted by atomic mass is 9.97. The van der Waals surface area contributed by atoms with Gasteiger partial charge in [-0.25, -0.2) is 8.78 Å². The summed E-state index contributed by atoms with van der Waals surface area (Å²) in [5.41, 5.74) is 0.131. The quantitative estimate of drug-likeness (QED) is 0.734. The Hall–Kier alpha value is -1.78. The number of hydrogen-bond acceptors (Lipinski definition) is 2. The van der Waals surface area contributed by atoms with Gasteiger partial charge in [0.1, 0.15) is 11.6 Å². The van der Waals surface area contributed by atoms with E-state index in [4.69, 9.17) is 0 Å². The van der Waals surface area contributed by atoms with Gasteiger partial charge in [0.15, 0.2) is 0 Å². The van der Waals surface area contributed by atoms with E-state index in [1.165, 1.54) is 7.05 Å². The van der Waals surface area contributed by atoms with Gasteiger partial charge < -0.3 is 0 Å². The Balaban J connectivity index is 2.19.